The zero-order valence-electron chi connectivity index (χ0n) is 13.2. The molecule has 6 heteroatoms. The number of para-hydroxylation sites is 1. The van der Waals surface area contributed by atoms with E-state index in [1.807, 2.05) is 30.3 Å². The highest BCUT2D eigenvalue weighted by Crippen LogP contribution is 2.34. The van der Waals surface area contributed by atoms with Crippen molar-refractivity contribution < 1.29 is 14.6 Å². The summed E-state index contributed by atoms with van der Waals surface area (Å²) < 4.78 is 5.62. The van der Waals surface area contributed by atoms with E-state index in [4.69, 9.17) is 4.74 Å². The van der Waals surface area contributed by atoms with E-state index in [9.17, 15) is 15.2 Å². The van der Waals surface area contributed by atoms with Gasteiger partial charge in [-0.2, -0.15) is 5.26 Å². The number of halogens is 1. The summed E-state index contributed by atoms with van der Waals surface area (Å²) in [7, 11) is 1.43. The molecule has 0 unspecified atom stereocenters. The molecule has 1 heterocycles. The predicted octanol–water partition coefficient (Wildman–Crippen LogP) is 4.43. The standard InChI is InChI=1S/C19H13BrN2O3/c1-25-18-7-11(15(20)8-17(18)23)6-12(9-21)19(24)14-10-22-16-5-3-2-4-13(14)16/h2-8,10,22-23H,1H3/b12-6-. The maximum Gasteiger partial charge on any atom is 0.205 e. The van der Waals surface area contributed by atoms with Crippen molar-refractivity contribution in [2.45, 2.75) is 0 Å². The molecular formula is C19H13BrN2O3. The molecule has 2 N–H and O–H groups in total. The summed E-state index contributed by atoms with van der Waals surface area (Å²) in [6.07, 6.45) is 3.07. The Bertz CT molecular complexity index is 1040. The van der Waals surface area contributed by atoms with Gasteiger partial charge in [-0.25, -0.2) is 0 Å². The van der Waals surface area contributed by atoms with E-state index < -0.39 is 0 Å². The smallest absolute Gasteiger partial charge is 0.205 e. The maximum absolute atomic E-state index is 12.8. The van der Waals surface area contributed by atoms with Crippen molar-refractivity contribution in [3.8, 4) is 17.6 Å². The molecule has 0 atom stereocenters. The molecule has 2 aromatic carbocycles. The molecule has 0 aliphatic heterocycles. The summed E-state index contributed by atoms with van der Waals surface area (Å²) in [4.78, 5) is 15.8. The van der Waals surface area contributed by atoms with Gasteiger partial charge in [0, 0.05) is 27.1 Å². The minimum absolute atomic E-state index is 0.0156. The lowest BCUT2D eigenvalue weighted by Crippen LogP contribution is -2.01. The van der Waals surface area contributed by atoms with E-state index >= 15 is 0 Å². The van der Waals surface area contributed by atoms with Crippen molar-refractivity contribution in [3.05, 3.63) is 63.8 Å². The SMILES string of the molecule is COc1cc(/C=C(/C#N)C(=O)c2c[nH]c3ccccc23)c(Br)cc1O. The number of carbonyl (C=O) groups excluding carboxylic acids is 1. The van der Waals surface area contributed by atoms with E-state index in [0.717, 1.165) is 10.9 Å². The van der Waals surface area contributed by atoms with E-state index in [-0.39, 0.29) is 22.9 Å². The van der Waals surface area contributed by atoms with E-state index in [1.54, 1.807) is 12.3 Å². The molecule has 0 saturated heterocycles. The zero-order chi connectivity index (χ0) is 18.0. The van der Waals surface area contributed by atoms with Crippen LogP contribution in [0.4, 0.5) is 0 Å². The number of aromatic hydroxyl groups is 1. The number of nitriles is 1. The van der Waals surface area contributed by atoms with Crippen LogP contribution in [0.2, 0.25) is 0 Å². The van der Waals surface area contributed by atoms with E-state index in [1.165, 1.54) is 19.3 Å². The first kappa shape index (κ1) is 16.8. The van der Waals surface area contributed by atoms with Gasteiger partial charge in [-0.1, -0.05) is 34.1 Å². The van der Waals surface area contributed by atoms with Crippen molar-refractivity contribution in [1.82, 2.24) is 4.98 Å². The van der Waals surface area contributed by atoms with Crippen LogP contribution in [0.5, 0.6) is 11.5 Å². The van der Waals surface area contributed by atoms with Crippen molar-refractivity contribution in [3.63, 3.8) is 0 Å². The van der Waals surface area contributed by atoms with Crippen molar-refractivity contribution >= 4 is 38.7 Å². The Morgan fingerprint density at radius 1 is 1.36 bits per heavy atom. The largest absolute Gasteiger partial charge is 0.504 e. The number of rotatable bonds is 4. The molecule has 5 nitrogen and oxygen atoms in total. The van der Waals surface area contributed by atoms with Crippen LogP contribution in [0, 0.1) is 11.3 Å². The van der Waals surface area contributed by atoms with Crippen LogP contribution in [0.15, 0.2) is 52.6 Å². The van der Waals surface area contributed by atoms with Crippen LogP contribution in [0.1, 0.15) is 15.9 Å². The Balaban J connectivity index is 2.07. The molecule has 3 aromatic rings. The monoisotopic (exact) mass is 396 g/mol. The van der Waals surface area contributed by atoms with Crippen LogP contribution in [-0.4, -0.2) is 23.0 Å². The average molecular weight is 397 g/mol. The van der Waals surface area contributed by atoms with Gasteiger partial charge in [-0.05, 0) is 29.8 Å². The topological polar surface area (TPSA) is 86.1 Å². The summed E-state index contributed by atoms with van der Waals surface area (Å²) in [5.41, 5.74) is 1.80. The Morgan fingerprint density at radius 2 is 2.12 bits per heavy atom. The number of ether oxygens (including phenoxy) is 1. The Hall–Kier alpha value is -3.04. The zero-order valence-corrected chi connectivity index (χ0v) is 14.8. The molecule has 0 aliphatic carbocycles. The van der Waals surface area contributed by atoms with Gasteiger partial charge < -0.3 is 14.8 Å². The lowest BCUT2D eigenvalue weighted by atomic mass is 10.0. The number of allylic oxidation sites excluding steroid dienone is 1. The van der Waals surface area contributed by atoms with Crippen LogP contribution in [0.25, 0.3) is 17.0 Å². The molecule has 0 saturated carbocycles. The molecule has 0 bridgehead atoms. The number of benzene rings is 2. The van der Waals surface area contributed by atoms with Gasteiger partial charge >= 0.3 is 0 Å². The number of phenols is 1. The summed E-state index contributed by atoms with van der Waals surface area (Å²) in [5, 5.41) is 20.0. The highest BCUT2D eigenvalue weighted by molar-refractivity contribution is 9.10. The number of Topliss-reactive ketones (excluding diaryl/α,β-unsaturated/α-hetero) is 1. The average Bonchev–Trinajstić information content (AvgIpc) is 3.04. The quantitative estimate of drug-likeness (QED) is 0.387. The van der Waals surface area contributed by atoms with Crippen LogP contribution in [-0.2, 0) is 0 Å². The Kier molecular flexibility index (Phi) is 4.59. The van der Waals surface area contributed by atoms with Crippen molar-refractivity contribution in [2.75, 3.05) is 7.11 Å². The molecule has 25 heavy (non-hydrogen) atoms. The number of ketones is 1. The third-order valence-electron chi connectivity index (χ3n) is 3.80. The van der Waals surface area contributed by atoms with Crippen LogP contribution < -0.4 is 4.74 Å². The fourth-order valence-corrected chi connectivity index (χ4v) is 2.99. The van der Waals surface area contributed by atoms with Crippen molar-refractivity contribution in [2.24, 2.45) is 0 Å². The number of nitrogens with zero attached hydrogens (tertiary/aromatic N) is 1. The highest BCUT2D eigenvalue weighted by atomic mass is 79.9. The minimum atomic E-state index is -0.376. The summed E-state index contributed by atoms with van der Waals surface area (Å²) in [6, 6.07) is 12.4. The van der Waals surface area contributed by atoms with Crippen LogP contribution >= 0.6 is 15.9 Å². The molecule has 0 fully saturated rings. The molecule has 3 rings (SSSR count). The second kappa shape index (κ2) is 6.83. The number of H-pyrrole nitrogens is 1. The van der Waals surface area contributed by atoms with Crippen molar-refractivity contribution in [1.29, 1.82) is 5.26 Å². The highest BCUT2D eigenvalue weighted by Gasteiger charge is 2.17. The van der Waals surface area contributed by atoms with E-state index in [0.29, 0.717) is 15.6 Å². The predicted molar refractivity (Wildman–Crippen MR) is 98.6 cm³/mol. The Labute approximate surface area is 152 Å². The van der Waals surface area contributed by atoms with Gasteiger partial charge in [0.25, 0.3) is 0 Å². The van der Waals surface area contributed by atoms with Gasteiger partial charge in [-0.15, -0.1) is 0 Å². The van der Waals surface area contributed by atoms with Gasteiger partial charge in [-0.3, -0.25) is 4.79 Å². The number of aromatic amines is 1. The second-order valence-electron chi connectivity index (χ2n) is 5.29. The van der Waals surface area contributed by atoms with Crippen LogP contribution in [0.3, 0.4) is 0 Å². The summed E-state index contributed by atoms with van der Waals surface area (Å²) >= 11 is 3.32. The second-order valence-corrected chi connectivity index (χ2v) is 6.15. The van der Waals surface area contributed by atoms with Gasteiger partial charge in [0.15, 0.2) is 11.5 Å². The minimum Gasteiger partial charge on any atom is -0.504 e. The molecular weight excluding hydrogens is 384 g/mol. The van der Waals surface area contributed by atoms with E-state index in [2.05, 4.69) is 20.9 Å². The number of fused-ring (bicyclic) bond motifs is 1. The molecule has 0 radical (unpaired) electrons. The number of nitrogens with one attached hydrogen (secondary N) is 1. The lowest BCUT2D eigenvalue weighted by Gasteiger charge is -2.07. The summed E-state index contributed by atoms with van der Waals surface area (Å²) in [5.74, 6) is -0.154. The molecule has 0 aliphatic rings. The summed E-state index contributed by atoms with van der Waals surface area (Å²) in [6.45, 7) is 0. The number of hydrogen-bond donors (Lipinski definition) is 2. The van der Waals surface area contributed by atoms with Gasteiger partial charge in [0.05, 0.1) is 7.11 Å². The molecule has 1 aromatic heterocycles. The fourth-order valence-electron chi connectivity index (χ4n) is 2.54. The lowest BCUT2D eigenvalue weighted by molar-refractivity contribution is 0.104. The number of hydrogen-bond acceptors (Lipinski definition) is 4. The van der Waals surface area contributed by atoms with Gasteiger partial charge in [0.1, 0.15) is 11.6 Å². The number of aromatic nitrogens is 1. The first-order valence-electron chi connectivity index (χ1n) is 7.34. The maximum atomic E-state index is 12.8. The number of carbonyl (C=O) groups is 1. The molecule has 124 valence electrons. The third-order valence-corrected chi connectivity index (χ3v) is 4.48. The first-order chi connectivity index (χ1) is 12.0. The number of phenolic OH excluding ortho intramolecular Hbond substituents is 1. The first-order valence-corrected chi connectivity index (χ1v) is 8.13. The molecule has 0 spiro atoms. The fraction of sp³-hybridized carbons (Fsp3) is 0.0526. The number of methoxy groups -OCH3 is 1. The Morgan fingerprint density at radius 3 is 2.84 bits per heavy atom. The van der Waals surface area contributed by atoms with Gasteiger partial charge in [0.2, 0.25) is 5.78 Å². The normalized spacial score (nSPS) is 11.3. The third kappa shape index (κ3) is 3.14. The molecule has 0 amide bonds.